The Hall–Kier alpha value is -2.63. The highest BCUT2D eigenvalue weighted by Gasteiger charge is 2.08. The molecule has 0 aliphatic rings. The summed E-state index contributed by atoms with van der Waals surface area (Å²) in [7, 11) is 1.98. The molecule has 0 spiro atoms. The van der Waals surface area contributed by atoms with Crippen molar-refractivity contribution in [3.05, 3.63) is 41.6 Å². The van der Waals surface area contributed by atoms with Gasteiger partial charge in [0.1, 0.15) is 5.82 Å². The molecular weight excluding hydrogens is 292 g/mol. The molecule has 0 bridgehead atoms. The first-order chi connectivity index (χ1) is 11.0. The summed E-state index contributed by atoms with van der Waals surface area (Å²) in [5.41, 5.74) is 1.92. The molecule has 0 saturated heterocycles. The van der Waals surface area contributed by atoms with Crippen molar-refractivity contribution in [2.75, 3.05) is 23.8 Å². The number of nitrogens with one attached hydrogen (secondary N) is 1. The fourth-order valence-electron chi connectivity index (χ4n) is 2.13. The predicted molar refractivity (Wildman–Crippen MR) is 91.6 cm³/mol. The lowest BCUT2D eigenvalue weighted by molar-refractivity contribution is 0.0697. The van der Waals surface area contributed by atoms with Crippen LogP contribution < -0.4 is 10.2 Å². The first kappa shape index (κ1) is 16.7. The van der Waals surface area contributed by atoms with Crippen molar-refractivity contribution in [2.24, 2.45) is 0 Å². The molecule has 0 atom stereocenters. The van der Waals surface area contributed by atoms with Gasteiger partial charge in [-0.2, -0.15) is 4.98 Å². The Morgan fingerprint density at radius 3 is 2.57 bits per heavy atom. The number of carboxylic acid groups (broad SMARTS) is 1. The maximum atomic E-state index is 10.9. The number of carboxylic acids is 1. The molecule has 0 radical (unpaired) electrons. The molecular formula is C17H22N4O2. The van der Waals surface area contributed by atoms with Gasteiger partial charge in [0.05, 0.1) is 5.56 Å². The Bertz CT molecular complexity index is 671. The number of carbonyl (C=O) groups is 1. The maximum Gasteiger partial charge on any atom is 0.335 e. The van der Waals surface area contributed by atoms with E-state index in [2.05, 4.69) is 22.2 Å². The Labute approximate surface area is 136 Å². The van der Waals surface area contributed by atoms with Gasteiger partial charge in [0, 0.05) is 31.0 Å². The molecule has 2 rings (SSSR count). The van der Waals surface area contributed by atoms with Gasteiger partial charge in [-0.1, -0.05) is 13.3 Å². The van der Waals surface area contributed by atoms with Crippen LogP contribution in [0.2, 0.25) is 0 Å². The zero-order chi connectivity index (χ0) is 16.8. The van der Waals surface area contributed by atoms with Crippen molar-refractivity contribution in [1.29, 1.82) is 0 Å². The number of benzene rings is 1. The summed E-state index contributed by atoms with van der Waals surface area (Å²) in [5.74, 6) is 0.441. The minimum atomic E-state index is -0.936. The van der Waals surface area contributed by atoms with Gasteiger partial charge in [-0.05, 0) is 37.6 Å². The van der Waals surface area contributed by atoms with Gasteiger partial charge >= 0.3 is 5.97 Å². The number of rotatable bonds is 7. The van der Waals surface area contributed by atoms with E-state index in [-0.39, 0.29) is 5.56 Å². The number of aromatic carboxylic acids is 1. The molecule has 0 unspecified atom stereocenters. The van der Waals surface area contributed by atoms with Crippen molar-refractivity contribution in [3.63, 3.8) is 0 Å². The number of hydrogen-bond acceptors (Lipinski definition) is 5. The molecule has 0 aliphatic carbocycles. The highest BCUT2D eigenvalue weighted by molar-refractivity contribution is 5.88. The van der Waals surface area contributed by atoms with Crippen molar-refractivity contribution in [2.45, 2.75) is 26.7 Å². The van der Waals surface area contributed by atoms with E-state index in [0.29, 0.717) is 11.8 Å². The zero-order valence-corrected chi connectivity index (χ0v) is 13.7. The Kier molecular flexibility index (Phi) is 5.51. The second kappa shape index (κ2) is 7.58. The fourth-order valence-corrected chi connectivity index (χ4v) is 2.13. The first-order valence-corrected chi connectivity index (χ1v) is 7.67. The highest BCUT2D eigenvalue weighted by Crippen LogP contribution is 2.19. The highest BCUT2D eigenvalue weighted by atomic mass is 16.4. The monoisotopic (exact) mass is 314 g/mol. The number of nitrogens with zero attached hydrogens (tertiary/aromatic N) is 3. The normalized spacial score (nSPS) is 10.4. The van der Waals surface area contributed by atoms with E-state index >= 15 is 0 Å². The van der Waals surface area contributed by atoms with Crippen LogP contribution in [0.1, 0.15) is 35.8 Å². The summed E-state index contributed by atoms with van der Waals surface area (Å²) in [6.07, 6.45) is 2.21. The third-order valence-electron chi connectivity index (χ3n) is 3.44. The first-order valence-electron chi connectivity index (χ1n) is 7.67. The van der Waals surface area contributed by atoms with E-state index in [1.165, 1.54) is 0 Å². The van der Waals surface area contributed by atoms with E-state index in [1.807, 2.05) is 24.9 Å². The smallest absolute Gasteiger partial charge is 0.335 e. The quantitative estimate of drug-likeness (QED) is 0.815. The summed E-state index contributed by atoms with van der Waals surface area (Å²) in [5, 5.41) is 12.1. The average Bonchev–Trinajstić information content (AvgIpc) is 2.52. The van der Waals surface area contributed by atoms with Crippen LogP contribution in [0.3, 0.4) is 0 Å². The number of anilines is 3. The standard InChI is InChI=1S/C17H22N4O2/c1-4-5-10-21(3)17-18-12(2)11-15(20-17)19-14-8-6-13(7-9-14)16(22)23/h6-9,11H,4-5,10H2,1-3H3,(H,22,23)(H,18,19,20). The minimum Gasteiger partial charge on any atom is -0.478 e. The van der Waals surface area contributed by atoms with Crippen LogP contribution in [0.15, 0.2) is 30.3 Å². The van der Waals surface area contributed by atoms with Crippen LogP contribution in [0, 0.1) is 6.92 Å². The number of aromatic nitrogens is 2. The third kappa shape index (κ3) is 4.67. The van der Waals surface area contributed by atoms with Crippen molar-refractivity contribution in [1.82, 2.24) is 9.97 Å². The molecule has 1 aromatic heterocycles. The van der Waals surface area contributed by atoms with Crippen LogP contribution in [0.4, 0.5) is 17.5 Å². The van der Waals surface area contributed by atoms with Gasteiger partial charge in [0.25, 0.3) is 0 Å². The van der Waals surface area contributed by atoms with E-state index < -0.39 is 5.97 Å². The van der Waals surface area contributed by atoms with E-state index in [0.717, 1.165) is 30.8 Å². The number of unbranched alkanes of at least 4 members (excludes halogenated alkanes) is 1. The van der Waals surface area contributed by atoms with Crippen molar-refractivity contribution in [3.8, 4) is 0 Å². The molecule has 2 N–H and O–H groups in total. The molecule has 0 saturated carbocycles. The van der Waals surface area contributed by atoms with E-state index in [1.54, 1.807) is 24.3 Å². The van der Waals surface area contributed by atoms with Gasteiger partial charge in [-0.15, -0.1) is 0 Å². The molecule has 23 heavy (non-hydrogen) atoms. The van der Waals surface area contributed by atoms with Gasteiger partial charge < -0.3 is 15.3 Å². The fraction of sp³-hybridized carbons (Fsp3) is 0.353. The predicted octanol–water partition coefficient (Wildman–Crippen LogP) is 3.46. The summed E-state index contributed by atoms with van der Waals surface area (Å²) < 4.78 is 0. The second-order valence-electron chi connectivity index (χ2n) is 5.48. The Morgan fingerprint density at radius 1 is 1.26 bits per heavy atom. The SMILES string of the molecule is CCCCN(C)c1nc(C)cc(Nc2ccc(C(=O)O)cc2)n1. The molecule has 6 heteroatoms. The lowest BCUT2D eigenvalue weighted by Crippen LogP contribution is -2.21. The summed E-state index contributed by atoms with van der Waals surface area (Å²) in [6.45, 7) is 4.99. The second-order valence-corrected chi connectivity index (χ2v) is 5.48. The summed E-state index contributed by atoms with van der Waals surface area (Å²) in [4.78, 5) is 21.9. The molecule has 0 fully saturated rings. The molecule has 0 amide bonds. The van der Waals surface area contributed by atoms with Crippen LogP contribution in [0.25, 0.3) is 0 Å². The van der Waals surface area contributed by atoms with E-state index in [4.69, 9.17) is 5.11 Å². The number of hydrogen-bond donors (Lipinski definition) is 2. The van der Waals surface area contributed by atoms with Crippen molar-refractivity contribution < 1.29 is 9.90 Å². The van der Waals surface area contributed by atoms with Gasteiger partial charge in [0.15, 0.2) is 0 Å². The lowest BCUT2D eigenvalue weighted by Gasteiger charge is -2.18. The summed E-state index contributed by atoms with van der Waals surface area (Å²) >= 11 is 0. The molecule has 0 aliphatic heterocycles. The van der Waals surface area contributed by atoms with Crippen LogP contribution >= 0.6 is 0 Å². The molecule has 6 nitrogen and oxygen atoms in total. The zero-order valence-electron chi connectivity index (χ0n) is 13.7. The summed E-state index contributed by atoms with van der Waals surface area (Å²) in [6, 6.07) is 8.44. The molecule has 2 aromatic rings. The lowest BCUT2D eigenvalue weighted by atomic mass is 10.2. The van der Waals surface area contributed by atoms with Gasteiger partial charge in [0.2, 0.25) is 5.95 Å². The van der Waals surface area contributed by atoms with E-state index in [9.17, 15) is 4.79 Å². The molecule has 122 valence electrons. The minimum absolute atomic E-state index is 0.259. The molecule has 1 aromatic carbocycles. The third-order valence-corrected chi connectivity index (χ3v) is 3.44. The maximum absolute atomic E-state index is 10.9. The Morgan fingerprint density at radius 2 is 1.96 bits per heavy atom. The van der Waals surface area contributed by atoms with Crippen LogP contribution in [-0.2, 0) is 0 Å². The Balaban J connectivity index is 2.16. The largest absolute Gasteiger partial charge is 0.478 e. The van der Waals surface area contributed by atoms with Crippen LogP contribution in [-0.4, -0.2) is 34.6 Å². The van der Waals surface area contributed by atoms with Gasteiger partial charge in [-0.25, -0.2) is 9.78 Å². The van der Waals surface area contributed by atoms with Crippen LogP contribution in [0.5, 0.6) is 0 Å². The number of aryl methyl sites for hydroxylation is 1. The van der Waals surface area contributed by atoms with Gasteiger partial charge in [-0.3, -0.25) is 0 Å². The topological polar surface area (TPSA) is 78.4 Å². The average molecular weight is 314 g/mol. The molecule has 1 heterocycles. The van der Waals surface area contributed by atoms with Crippen molar-refractivity contribution >= 4 is 23.4 Å².